The van der Waals surface area contributed by atoms with Crippen LogP contribution in [0.25, 0.3) is 4.85 Å². The van der Waals surface area contributed by atoms with Crippen molar-refractivity contribution in [2.75, 3.05) is 7.05 Å². The van der Waals surface area contributed by atoms with Crippen molar-refractivity contribution in [2.24, 2.45) is 4.99 Å². The molecule has 2 nitrogen and oxygen atoms in total. The van der Waals surface area contributed by atoms with E-state index in [9.17, 15) is 0 Å². The normalized spacial score (nSPS) is 10.3. The Bertz CT molecular complexity index is 148. The number of rotatable bonds is 1. The summed E-state index contributed by atoms with van der Waals surface area (Å²) in [6.45, 7) is 3.96. The Morgan fingerprint density at radius 3 is 2.78 bits per heavy atom. The molecule has 9 heavy (non-hydrogen) atoms. The predicted octanol–water partition coefficient (Wildman–Crippen LogP) is 2.17. The highest BCUT2D eigenvalue weighted by molar-refractivity contribution is 5.89. The van der Waals surface area contributed by atoms with Gasteiger partial charge >= 0.3 is 5.84 Å². The lowest BCUT2D eigenvalue weighted by Crippen LogP contribution is -1.77. The molecule has 0 amide bonds. The Hall–Kier alpha value is -0.840. The zero-order valence-electron chi connectivity index (χ0n) is 6.31. The summed E-state index contributed by atoms with van der Waals surface area (Å²) in [5, 5.41) is 0. The molecule has 0 radical (unpaired) electrons. The van der Waals surface area contributed by atoms with Gasteiger partial charge in [0.05, 0.1) is 13.3 Å². The average molecular weight is 125 g/mol. The molecule has 0 aromatic carbocycles. The molecule has 0 aliphatic heterocycles. The van der Waals surface area contributed by atoms with E-state index in [1.54, 1.807) is 7.05 Å². The second-order valence-electron chi connectivity index (χ2n) is 1.79. The molecule has 0 aromatic rings. The third kappa shape index (κ3) is 5.02. The van der Waals surface area contributed by atoms with Crippen molar-refractivity contribution in [1.82, 2.24) is 0 Å². The molecule has 50 valence electrons. The van der Waals surface area contributed by atoms with Gasteiger partial charge in [-0.25, -0.2) is 0 Å². The zero-order chi connectivity index (χ0) is 7.11. The summed E-state index contributed by atoms with van der Waals surface area (Å²) in [5.74, 6) is 0.795. The molecule has 0 saturated heterocycles. The van der Waals surface area contributed by atoms with E-state index >= 15 is 0 Å². The highest BCUT2D eigenvalue weighted by Crippen LogP contribution is 1.84. The molecular weight excluding hydrogens is 112 g/mol. The summed E-state index contributed by atoms with van der Waals surface area (Å²) < 4.78 is 0. The molecule has 0 spiro atoms. The Morgan fingerprint density at radius 2 is 2.33 bits per heavy atom. The Balaban J connectivity index is 3.59. The minimum Gasteiger partial charge on any atom is -0.160 e. The zero-order valence-corrected chi connectivity index (χ0v) is 6.31. The van der Waals surface area contributed by atoms with Crippen LogP contribution in [0.3, 0.4) is 0 Å². The minimum absolute atomic E-state index is 0.795. The van der Waals surface area contributed by atoms with Crippen LogP contribution in [0.15, 0.2) is 4.99 Å². The third-order valence-electron chi connectivity index (χ3n) is 0.926. The Morgan fingerprint density at radius 1 is 1.67 bits per heavy atom. The quantitative estimate of drug-likeness (QED) is 0.377. The summed E-state index contributed by atoms with van der Waals surface area (Å²) in [6.07, 6.45) is 2.02. The molecule has 0 atom stereocenters. The summed E-state index contributed by atoms with van der Waals surface area (Å²) in [5.41, 5.74) is 0. The van der Waals surface area contributed by atoms with Crippen LogP contribution in [0.1, 0.15) is 26.7 Å². The maximum absolute atomic E-state index is 3.93. The van der Waals surface area contributed by atoms with E-state index in [0.717, 1.165) is 18.7 Å². The van der Waals surface area contributed by atoms with E-state index in [2.05, 4.69) is 22.8 Å². The first-order valence-corrected chi connectivity index (χ1v) is 3.18. The Labute approximate surface area is 56.4 Å². The summed E-state index contributed by atoms with van der Waals surface area (Å²) in [6, 6.07) is 2.88. The number of amidine groups is 1. The minimum atomic E-state index is 0.795. The number of unbranched alkanes of at least 4 members (excludes halogenated alkanes) is 1. The van der Waals surface area contributed by atoms with E-state index in [0.29, 0.717) is 0 Å². The van der Waals surface area contributed by atoms with Crippen LogP contribution >= 0.6 is 0 Å². The SMILES string of the molecule is CCCC#[N+]C(C)=NC. The van der Waals surface area contributed by atoms with Gasteiger partial charge in [-0.1, -0.05) is 11.9 Å². The number of hydrogen-bond acceptors (Lipinski definition) is 1. The first-order valence-electron chi connectivity index (χ1n) is 3.18. The molecule has 2 heteroatoms. The number of aliphatic imine (C=N–C) groups is 1. The molecular formula is C7H13N2+. The van der Waals surface area contributed by atoms with Crippen molar-refractivity contribution in [3.05, 3.63) is 4.85 Å². The summed E-state index contributed by atoms with van der Waals surface area (Å²) in [4.78, 5) is 7.78. The maximum atomic E-state index is 3.93. The molecule has 0 aliphatic carbocycles. The summed E-state index contributed by atoms with van der Waals surface area (Å²) in [7, 11) is 1.73. The van der Waals surface area contributed by atoms with Crippen molar-refractivity contribution in [2.45, 2.75) is 26.7 Å². The van der Waals surface area contributed by atoms with Gasteiger partial charge < -0.3 is 0 Å². The standard InChI is InChI=1S/C7H13N2/c1-4-5-6-9-7(2)8-3/h4-5H2,1-3H3/q+1. The van der Waals surface area contributed by atoms with Gasteiger partial charge in [0.15, 0.2) is 6.07 Å². The van der Waals surface area contributed by atoms with Crippen LogP contribution in [0.2, 0.25) is 0 Å². The van der Waals surface area contributed by atoms with Crippen molar-refractivity contribution < 1.29 is 0 Å². The van der Waals surface area contributed by atoms with E-state index in [1.807, 2.05) is 6.92 Å². The van der Waals surface area contributed by atoms with Crippen LogP contribution < -0.4 is 0 Å². The van der Waals surface area contributed by atoms with Gasteiger partial charge in [-0.2, -0.15) is 4.85 Å². The average Bonchev–Trinajstić information content (AvgIpc) is 1.89. The smallest absolute Gasteiger partial charge is 0.160 e. The predicted molar refractivity (Wildman–Crippen MR) is 41.2 cm³/mol. The fourth-order valence-electron chi connectivity index (χ4n) is 0.332. The van der Waals surface area contributed by atoms with E-state index < -0.39 is 0 Å². The van der Waals surface area contributed by atoms with Crippen LogP contribution in [-0.2, 0) is 0 Å². The molecule has 0 unspecified atom stereocenters. The lowest BCUT2D eigenvalue weighted by molar-refractivity contribution is 0.982. The van der Waals surface area contributed by atoms with Crippen molar-refractivity contribution in [1.29, 1.82) is 0 Å². The van der Waals surface area contributed by atoms with Gasteiger partial charge in [0.2, 0.25) is 0 Å². The molecule has 0 heterocycles. The lowest BCUT2D eigenvalue weighted by atomic mass is 10.4. The van der Waals surface area contributed by atoms with Gasteiger partial charge in [-0.15, -0.1) is 0 Å². The first kappa shape index (κ1) is 8.16. The van der Waals surface area contributed by atoms with Crippen LogP contribution in [0.4, 0.5) is 0 Å². The van der Waals surface area contributed by atoms with Crippen LogP contribution in [0.5, 0.6) is 0 Å². The number of hydrogen-bond donors (Lipinski definition) is 0. The second-order valence-corrected chi connectivity index (χ2v) is 1.79. The van der Waals surface area contributed by atoms with E-state index in [4.69, 9.17) is 0 Å². The number of nitrogens with zero attached hydrogens (tertiary/aromatic N) is 2. The molecule has 0 bridgehead atoms. The Kier molecular flexibility index (Phi) is 4.81. The third-order valence-corrected chi connectivity index (χ3v) is 0.926. The van der Waals surface area contributed by atoms with E-state index in [1.165, 1.54) is 0 Å². The summed E-state index contributed by atoms with van der Waals surface area (Å²) >= 11 is 0. The van der Waals surface area contributed by atoms with Crippen molar-refractivity contribution >= 4 is 5.84 Å². The van der Waals surface area contributed by atoms with Crippen molar-refractivity contribution in [3.63, 3.8) is 0 Å². The molecule has 0 fully saturated rings. The fraction of sp³-hybridized carbons (Fsp3) is 0.714. The molecule has 0 aliphatic rings. The van der Waals surface area contributed by atoms with Gasteiger partial charge in [0, 0.05) is 0 Å². The van der Waals surface area contributed by atoms with Gasteiger partial charge in [0.25, 0.3) is 0 Å². The van der Waals surface area contributed by atoms with Crippen LogP contribution in [0, 0.1) is 6.07 Å². The van der Waals surface area contributed by atoms with Crippen molar-refractivity contribution in [3.8, 4) is 6.07 Å². The lowest BCUT2D eigenvalue weighted by Gasteiger charge is -1.69. The van der Waals surface area contributed by atoms with Gasteiger partial charge in [-0.05, 0) is 6.42 Å². The fourth-order valence-corrected chi connectivity index (χ4v) is 0.332. The van der Waals surface area contributed by atoms with E-state index in [-0.39, 0.29) is 0 Å². The second kappa shape index (κ2) is 5.30. The molecule has 0 N–H and O–H groups in total. The highest BCUT2D eigenvalue weighted by Gasteiger charge is 1.90. The van der Waals surface area contributed by atoms with Gasteiger partial charge in [-0.3, -0.25) is 0 Å². The molecule has 0 aromatic heterocycles. The topological polar surface area (TPSA) is 16.7 Å². The highest BCUT2D eigenvalue weighted by atomic mass is 14.8. The first-order chi connectivity index (χ1) is 4.31. The molecule has 0 saturated carbocycles. The van der Waals surface area contributed by atoms with Gasteiger partial charge in [0.1, 0.15) is 7.05 Å². The largest absolute Gasteiger partial charge is 0.392 e. The maximum Gasteiger partial charge on any atom is 0.392 e. The van der Waals surface area contributed by atoms with Crippen LogP contribution in [-0.4, -0.2) is 12.9 Å². The monoisotopic (exact) mass is 125 g/mol. The molecule has 0 rings (SSSR count).